The number of halogens is 1. The fraction of sp³-hybridized carbons (Fsp3) is 0.933. The Labute approximate surface area is 152 Å². The fourth-order valence-corrected chi connectivity index (χ4v) is 2.08. The third kappa shape index (κ3) is 9.81. The Morgan fingerprint density at radius 1 is 1.27 bits per heavy atom. The van der Waals surface area contributed by atoms with Crippen LogP contribution in [-0.2, 0) is 9.47 Å². The van der Waals surface area contributed by atoms with Gasteiger partial charge in [-0.3, -0.25) is 9.89 Å². The van der Waals surface area contributed by atoms with Gasteiger partial charge in [-0.1, -0.05) is 0 Å². The molecule has 132 valence electrons. The maximum absolute atomic E-state index is 5.42. The highest BCUT2D eigenvalue weighted by Crippen LogP contribution is 2.26. The van der Waals surface area contributed by atoms with Crippen LogP contribution in [0.5, 0.6) is 0 Å². The normalized spacial score (nSPS) is 16.3. The Kier molecular flexibility index (Phi) is 13.3. The van der Waals surface area contributed by atoms with Crippen molar-refractivity contribution in [1.29, 1.82) is 0 Å². The van der Waals surface area contributed by atoms with E-state index in [9.17, 15) is 0 Å². The minimum atomic E-state index is 0. The highest BCUT2D eigenvalue weighted by Gasteiger charge is 2.28. The van der Waals surface area contributed by atoms with Crippen LogP contribution >= 0.6 is 24.0 Å². The lowest BCUT2D eigenvalue weighted by Crippen LogP contribution is -2.45. The minimum Gasteiger partial charge on any atom is -0.382 e. The van der Waals surface area contributed by atoms with Crippen LogP contribution in [0.2, 0.25) is 0 Å². The standard InChI is InChI=1S/C15H32N4O2.HI/c1-13(19(3)14-6-7-14)12-18-15(16-2)17-8-5-9-21-11-10-20-4;/h13-14H,5-12H2,1-4H3,(H2,16,17,18);1H. The lowest BCUT2D eigenvalue weighted by atomic mass is 10.3. The van der Waals surface area contributed by atoms with Gasteiger partial charge in [0.25, 0.3) is 0 Å². The first-order valence-electron chi connectivity index (χ1n) is 7.92. The quantitative estimate of drug-likeness (QED) is 0.225. The van der Waals surface area contributed by atoms with Gasteiger partial charge in [0.05, 0.1) is 13.2 Å². The van der Waals surface area contributed by atoms with Crippen molar-refractivity contribution < 1.29 is 9.47 Å². The lowest BCUT2D eigenvalue weighted by molar-refractivity contribution is 0.0698. The number of ether oxygens (including phenoxy) is 2. The van der Waals surface area contributed by atoms with Crippen LogP contribution in [0, 0.1) is 0 Å². The summed E-state index contributed by atoms with van der Waals surface area (Å²) in [7, 11) is 5.69. The molecule has 0 aromatic rings. The molecule has 22 heavy (non-hydrogen) atoms. The average molecular weight is 428 g/mol. The van der Waals surface area contributed by atoms with Crippen LogP contribution in [0.4, 0.5) is 0 Å². The highest BCUT2D eigenvalue weighted by molar-refractivity contribution is 14.0. The first kappa shape index (κ1) is 21.9. The van der Waals surface area contributed by atoms with Crippen molar-refractivity contribution >= 4 is 29.9 Å². The molecular formula is C15H33IN4O2. The van der Waals surface area contributed by atoms with Crippen LogP contribution < -0.4 is 10.6 Å². The topological polar surface area (TPSA) is 58.1 Å². The molecule has 0 bridgehead atoms. The van der Waals surface area contributed by atoms with E-state index in [1.807, 2.05) is 0 Å². The molecule has 1 saturated carbocycles. The molecule has 6 nitrogen and oxygen atoms in total. The number of hydrogen-bond acceptors (Lipinski definition) is 4. The minimum absolute atomic E-state index is 0. The van der Waals surface area contributed by atoms with Gasteiger partial charge < -0.3 is 20.1 Å². The summed E-state index contributed by atoms with van der Waals surface area (Å²) in [6.45, 7) is 6.09. The monoisotopic (exact) mass is 428 g/mol. The molecule has 1 rings (SSSR count). The number of aliphatic imine (C=N–C) groups is 1. The Bertz CT molecular complexity index is 301. The maximum atomic E-state index is 5.42. The molecule has 1 aliphatic carbocycles. The second-order valence-corrected chi connectivity index (χ2v) is 5.58. The molecule has 1 fully saturated rings. The van der Waals surface area contributed by atoms with Crippen LogP contribution in [0.15, 0.2) is 4.99 Å². The largest absolute Gasteiger partial charge is 0.382 e. The van der Waals surface area contributed by atoms with Crippen molar-refractivity contribution in [3.05, 3.63) is 0 Å². The van der Waals surface area contributed by atoms with E-state index in [2.05, 4.69) is 34.5 Å². The third-order valence-corrected chi connectivity index (χ3v) is 3.80. The van der Waals surface area contributed by atoms with Gasteiger partial charge in [-0.05, 0) is 33.2 Å². The van der Waals surface area contributed by atoms with Crippen LogP contribution in [0.1, 0.15) is 26.2 Å². The zero-order valence-electron chi connectivity index (χ0n) is 14.4. The van der Waals surface area contributed by atoms with Gasteiger partial charge in [-0.2, -0.15) is 0 Å². The predicted molar refractivity (Wildman–Crippen MR) is 102 cm³/mol. The Hall–Kier alpha value is -0.120. The second kappa shape index (κ2) is 13.3. The number of likely N-dealkylation sites (N-methyl/N-ethyl adjacent to an activating group) is 1. The first-order chi connectivity index (χ1) is 10.2. The number of rotatable bonds is 11. The van der Waals surface area contributed by atoms with E-state index in [1.54, 1.807) is 14.2 Å². The van der Waals surface area contributed by atoms with E-state index < -0.39 is 0 Å². The molecular weight excluding hydrogens is 395 g/mol. The highest BCUT2D eigenvalue weighted by atomic mass is 127. The van der Waals surface area contributed by atoms with Gasteiger partial charge in [0, 0.05) is 45.9 Å². The van der Waals surface area contributed by atoms with E-state index in [-0.39, 0.29) is 24.0 Å². The zero-order chi connectivity index (χ0) is 15.5. The number of nitrogens with zero attached hydrogens (tertiary/aromatic N) is 2. The van der Waals surface area contributed by atoms with Crippen molar-refractivity contribution in [2.45, 2.75) is 38.3 Å². The number of nitrogens with one attached hydrogen (secondary N) is 2. The first-order valence-corrected chi connectivity index (χ1v) is 7.92. The van der Waals surface area contributed by atoms with Crippen LogP contribution in [0.3, 0.4) is 0 Å². The van der Waals surface area contributed by atoms with Gasteiger partial charge in [0.15, 0.2) is 5.96 Å². The van der Waals surface area contributed by atoms with E-state index >= 15 is 0 Å². The van der Waals surface area contributed by atoms with Gasteiger partial charge >= 0.3 is 0 Å². The van der Waals surface area contributed by atoms with Crippen LogP contribution in [-0.4, -0.2) is 77.1 Å². The molecule has 0 spiro atoms. The summed E-state index contributed by atoms with van der Waals surface area (Å²) in [6.07, 6.45) is 3.65. The van der Waals surface area contributed by atoms with Crippen molar-refractivity contribution in [2.75, 3.05) is 54.1 Å². The third-order valence-electron chi connectivity index (χ3n) is 3.80. The molecule has 1 unspecified atom stereocenters. The molecule has 0 aromatic carbocycles. The summed E-state index contributed by atoms with van der Waals surface area (Å²) in [5, 5.41) is 6.69. The number of methoxy groups -OCH3 is 1. The van der Waals surface area contributed by atoms with Gasteiger partial charge in [0.2, 0.25) is 0 Å². The summed E-state index contributed by atoms with van der Waals surface area (Å²) in [5.41, 5.74) is 0. The zero-order valence-corrected chi connectivity index (χ0v) is 16.8. The smallest absolute Gasteiger partial charge is 0.191 e. The SMILES string of the molecule is CN=C(NCCCOCCOC)NCC(C)N(C)C1CC1.I. The molecule has 0 amide bonds. The van der Waals surface area contributed by atoms with E-state index in [4.69, 9.17) is 9.47 Å². The van der Waals surface area contributed by atoms with Crippen LogP contribution in [0.25, 0.3) is 0 Å². The molecule has 0 heterocycles. The summed E-state index contributed by atoms with van der Waals surface area (Å²) < 4.78 is 10.3. The molecule has 0 aromatic heterocycles. The van der Waals surface area contributed by atoms with Gasteiger partial charge in [0.1, 0.15) is 0 Å². The van der Waals surface area contributed by atoms with Crippen molar-refractivity contribution in [3.63, 3.8) is 0 Å². The second-order valence-electron chi connectivity index (χ2n) is 5.58. The summed E-state index contributed by atoms with van der Waals surface area (Å²) >= 11 is 0. The molecule has 1 atom stereocenters. The van der Waals surface area contributed by atoms with E-state index in [1.165, 1.54) is 12.8 Å². The molecule has 0 aliphatic heterocycles. The van der Waals surface area contributed by atoms with E-state index in [0.29, 0.717) is 19.3 Å². The Morgan fingerprint density at radius 2 is 2.00 bits per heavy atom. The summed E-state index contributed by atoms with van der Waals surface area (Å²) in [5.74, 6) is 0.864. The maximum Gasteiger partial charge on any atom is 0.191 e. The Morgan fingerprint density at radius 3 is 2.59 bits per heavy atom. The van der Waals surface area contributed by atoms with Crippen molar-refractivity contribution in [2.24, 2.45) is 4.99 Å². The predicted octanol–water partition coefficient (Wildman–Crippen LogP) is 1.31. The fourth-order valence-electron chi connectivity index (χ4n) is 2.08. The number of guanidine groups is 1. The molecule has 7 heteroatoms. The summed E-state index contributed by atoms with van der Waals surface area (Å²) in [6, 6.07) is 1.31. The van der Waals surface area contributed by atoms with Crippen molar-refractivity contribution in [1.82, 2.24) is 15.5 Å². The average Bonchev–Trinajstić information content (AvgIpc) is 3.33. The van der Waals surface area contributed by atoms with Gasteiger partial charge in [-0.25, -0.2) is 0 Å². The van der Waals surface area contributed by atoms with Gasteiger partial charge in [-0.15, -0.1) is 24.0 Å². The molecule has 2 N–H and O–H groups in total. The van der Waals surface area contributed by atoms with E-state index in [0.717, 1.165) is 38.1 Å². The number of hydrogen-bond donors (Lipinski definition) is 2. The molecule has 0 radical (unpaired) electrons. The molecule has 0 saturated heterocycles. The molecule has 1 aliphatic rings. The summed E-state index contributed by atoms with van der Waals surface area (Å²) in [4.78, 5) is 6.69. The lowest BCUT2D eigenvalue weighted by Gasteiger charge is -2.25. The van der Waals surface area contributed by atoms with Crippen molar-refractivity contribution in [3.8, 4) is 0 Å². The Balaban J connectivity index is 0.00000441.